The summed E-state index contributed by atoms with van der Waals surface area (Å²) in [6.07, 6.45) is 3.91. The second-order valence-corrected chi connectivity index (χ2v) is 4.90. The van der Waals surface area contributed by atoms with Crippen LogP contribution in [0.5, 0.6) is 0 Å². The van der Waals surface area contributed by atoms with Crippen molar-refractivity contribution in [3.05, 3.63) is 47.0 Å². The van der Waals surface area contributed by atoms with Crippen molar-refractivity contribution in [3.8, 4) is 5.69 Å². The number of hydrogen-bond acceptors (Lipinski definition) is 1. The van der Waals surface area contributed by atoms with E-state index in [0.717, 1.165) is 29.4 Å². The maximum absolute atomic E-state index is 13.1. The van der Waals surface area contributed by atoms with Gasteiger partial charge in [0.2, 0.25) is 0 Å². The fourth-order valence-corrected chi connectivity index (χ4v) is 2.56. The molecule has 0 unspecified atom stereocenters. The number of aromatic nitrogens is 2. The number of halogens is 2. The lowest BCUT2D eigenvalue weighted by atomic mass is 10.1. The van der Waals surface area contributed by atoms with Gasteiger partial charge in [0.1, 0.15) is 5.82 Å². The summed E-state index contributed by atoms with van der Waals surface area (Å²) < 4.78 is 15.1. The number of benzene rings is 1. The summed E-state index contributed by atoms with van der Waals surface area (Å²) in [5, 5.41) is 5.22. The highest BCUT2D eigenvalue weighted by molar-refractivity contribution is 9.08. The van der Waals surface area contributed by atoms with E-state index in [0.29, 0.717) is 0 Å². The Morgan fingerprint density at radius 1 is 1.39 bits per heavy atom. The molecule has 0 aliphatic rings. The average molecular weight is 311 g/mol. The molecule has 0 aliphatic heterocycles. The van der Waals surface area contributed by atoms with E-state index < -0.39 is 0 Å². The summed E-state index contributed by atoms with van der Waals surface area (Å²) in [5.41, 5.74) is 4.24. The molecule has 0 amide bonds. The summed E-state index contributed by atoms with van der Waals surface area (Å²) >= 11 is 3.48. The molecule has 4 heteroatoms. The van der Waals surface area contributed by atoms with Crippen LogP contribution < -0.4 is 0 Å². The monoisotopic (exact) mass is 310 g/mol. The lowest BCUT2D eigenvalue weighted by Crippen LogP contribution is -2.05. The summed E-state index contributed by atoms with van der Waals surface area (Å²) in [6, 6.07) is 4.81. The second kappa shape index (κ2) is 5.65. The maximum Gasteiger partial charge on any atom is 0.123 e. The van der Waals surface area contributed by atoms with Gasteiger partial charge in [0.15, 0.2) is 0 Å². The average Bonchev–Trinajstić information content (AvgIpc) is 2.73. The topological polar surface area (TPSA) is 17.8 Å². The summed E-state index contributed by atoms with van der Waals surface area (Å²) in [7, 11) is 0. The van der Waals surface area contributed by atoms with Crippen molar-refractivity contribution < 1.29 is 4.39 Å². The van der Waals surface area contributed by atoms with Crippen LogP contribution in [0.15, 0.2) is 24.4 Å². The molecule has 0 radical (unpaired) electrons. The van der Waals surface area contributed by atoms with Crippen LogP contribution in [0.25, 0.3) is 5.69 Å². The summed E-state index contributed by atoms with van der Waals surface area (Å²) in [4.78, 5) is 0. The number of aryl methyl sites for hydroxylation is 1. The molecule has 0 saturated carbocycles. The van der Waals surface area contributed by atoms with E-state index in [9.17, 15) is 4.39 Å². The standard InChI is InChI=1S/C14H16BrFN2/c1-3-4-14-11(8-15)9-17-18(14)13-6-5-12(16)7-10(13)2/h5-7,9H,3-4,8H2,1-2H3. The quantitative estimate of drug-likeness (QED) is 0.775. The van der Waals surface area contributed by atoms with Gasteiger partial charge in [-0.1, -0.05) is 29.3 Å². The summed E-state index contributed by atoms with van der Waals surface area (Å²) in [5.74, 6) is -0.207. The van der Waals surface area contributed by atoms with Crippen LogP contribution in [0.1, 0.15) is 30.2 Å². The fourth-order valence-electron chi connectivity index (χ4n) is 2.09. The smallest absolute Gasteiger partial charge is 0.123 e. The van der Waals surface area contributed by atoms with Gasteiger partial charge in [0, 0.05) is 16.6 Å². The molecule has 0 saturated heterocycles. The lowest BCUT2D eigenvalue weighted by Gasteiger charge is -2.11. The third kappa shape index (κ3) is 2.48. The van der Waals surface area contributed by atoms with Crippen molar-refractivity contribution in [1.29, 1.82) is 0 Å². The molecule has 0 atom stereocenters. The van der Waals surface area contributed by atoms with Gasteiger partial charge in [-0.15, -0.1) is 0 Å². The maximum atomic E-state index is 13.1. The molecule has 96 valence electrons. The van der Waals surface area contributed by atoms with Gasteiger partial charge in [0.25, 0.3) is 0 Å². The molecule has 2 rings (SSSR count). The van der Waals surface area contributed by atoms with E-state index >= 15 is 0 Å². The molecular weight excluding hydrogens is 295 g/mol. The van der Waals surface area contributed by atoms with Crippen LogP contribution in [-0.4, -0.2) is 9.78 Å². The molecule has 0 spiro atoms. The molecule has 1 aromatic carbocycles. The van der Waals surface area contributed by atoms with Crippen LogP contribution in [-0.2, 0) is 11.8 Å². The van der Waals surface area contributed by atoms with Gasteiger partial charge in [0.05, 0.1) is 11.9 Å². The highest BCUT2D eigenvalue weighted by atomic mass is 79.9. The number of rotatable bonds is 4. The number of hydrogen-bond donors (Lipinski definition) is 0. The van der Waals surface area contributed by atoms with Gasteiger partial charge < -0.3 is 0 Å². The fraction of sp³-hybridized carbons (Fsp3) is 0.357. The van der Waals surface area contributed by atoms with Crippen LogP contribution in [0.2, 0.25) is 0 Å². The predicted octanol–water partition coefficient (Wildman–Crippen LogP) is 4.17. The molecule has 0 bridgehead atoms. The zero-order valence-corrected chi connectivity index (χ0v) is 12.2. The normalized spacial score (nSPS) is 10.9. The Morgan fingerprint density at radius 3 is 2.78 bits per heavy atom. The predicted molar refractivity (Wildman–Crippen MR) is 74.9 cm³/mol. The molecule has 0 fully saturated rings. The highest BCUT2D eigenvalue weighted by Crippen LogP contribution is 2.21. The van der Waals surface area contributed by atoms with Crippen molar-refractivity contribution in [1.82, 2.24) is 9.78 Å². The molecule has 1 aromatic heterocycles. The van der Waals surface area contributed by atoms with E-state index in [4.69, 9.17) is 0 Å². The third-order valence-electron chi connectivity index (χ3n) is 2.97. The first-order valence-corrected chi connectivity index (χ1v) is 7.17. The molecule has 0 aliphatic carbocycles. The van der Waals surface area contributed by atoms with Crippen LogP contribution in [0, 0.1) is 12.7 Å². The van der Waals surface area contributed by atoms with E-state index in [-0.39, 0.29) is 5.82 Å². The minimum absolute atomic E-state index is 0.207. The van der Waals surface area contributed by atoms with Crippen LogP contribution in [0.4, 0.5) is 4.39 Å². The summed E-state index contributed by atoms with van der Waals surface area (Å²) in [6.45, 7) is 4.05. The van der Waals surface area contributed by atoms with Gasteiger partial charge in [-0.3, -0.25) is 0 Å². The number of alkyl halides is 1. The van der Waals surface area contributed by atoms with Crippen LogP contribution in [0.3, 0.4) is 0 Å². The Kier molecular flexibility index (Phi) is 4.17. The van der Waals surface area contributed by atoms with Crippen molar-refractivity contribution in [2.75, 3.05) is 0 Å². The Labute approximate surface area is 115 Å². The van der Waals surface area contributed by atoms with Crippen molar-refractivity contribution in [3.63, 3.8) is 0 Å². The molecule has 2 nitrogen and oxygen atoms in total. The minimum atomic E-state index is -0.207. The molecule has 0 N–H and O–H groups in total. The van der Waals surface area contributed by atoms with Gasteiger partial charge in [-0.05, 0) is 37.1 Å². The highest BCUT2D eigenvalue weighted by Gasteiger charge is 2.12. The van der Waals surface area contributed by atoms with E-state index in [1.54, 1.807) is 12.1 Å². The van der Waals surface area contributed by atoms with Crippen molar-refractivity contribution >= 4 is 15.9 Å². The molecular formula is C14H16BrFN2. The van der Waals surface area contributed by atoms with E-state index in [1.807, 2.05) is 17.8 Å². The Hall–Kier alpha value is -1.16. The first kappa shape index (κ1) is 13.3. The first-order chi connectivity index (χ1) is 8.67. The van der Waals surface area contributed by atoms with Gasteiger partial charge in [-0.25, -0.2) is 9.07 Å². The third-order valence-corrected chi connectivity index (χ3v) is 3.58. The zero-order chi connectivity index (χ0) is 13.1. The molecule has 2 aromatic rings. The van der Waals surface area contributed by atoms with Crippen molar-refractivity contribution in [2.24, 2.45) is 0 Å². The zero-order valence-electron chi connectivity index (χ0n) is 10.6. The molecule has 1 heterocycles. The van der Waals surface area contributed by atoms with Gasteiger partial charge >= 0.3 is 0 Å². The van der Waals surface area contributed by atoms with E-state index in [2.05, 4.69) is 28.0 Å². The van der Waals surface area contributed by atoms with Crippen LogP contribution >= 0.6 is 15.9 Å². The number of nitrogens with zero attached hydrogens (tertiary/aromatic N) is 2. The SMILES string of the molecule is CCCc1c(CBr)cnn1-c1ccc(F)cc1C. The van der Waals surface area contributed by atoms with Crippen molar-refractivity contribution in [2.45, 2.75) is 32.0 Å². The Balaban J connectivity index is 2.52. The molecule has 18 heavy (non-hydrogen) atoms. The van der Waals surface area contributed by atoms with E-state index in [1.165, 1.54) is 17.3 Å². The Bertz CT molecular complexity index is 549. The minimum Gasteiger partial charge on any atom is -0.237 e. The lowest BCUT2D eigenvalue weighted by molar-refractivity contribution is 0.625. The Morgan fingerprint density at radius 2 is 2.17 bits per heavy atom. The largest absolute Gasteiger partial charge is 0.237 e. The second-order valence-electron chi connectivity index (χ2n) is 4.34. The first-order valence-electron chi connectivity index (χ1n) is 6.05. The van der Waals surface area contributed by atoms with Gasteiger partial charge in [-0.2, -0.15) is 5.10 Å².